The molecular formula is C85H150O17P2. The summed E-state index contributed by atoms with van der Waals surface area (Å²) < 4.78 is 68.7. The third-order valence-electron chi connectivity index (χ3n) is 17.5. The SMILES string of the molecule is CC/C=C\C/C=C\C/C=C\C/C=C\C/C=C\CCCCCC(=O)OC[C@H](COP(=O)(O)OCC(O)COP(=O)(O)OC[C@@H](COC(=O)CCCCCCCCC/C=C\CCCCCC)OC(=O)CCCCCCC/C=C\CCCCCCCC)OC(=O)CCCCCCCCC/C=C\CCCCCC. The smallest absolute Gasteiger partial charge is 0.462 e. The Bertz CT molecular complexity index is 2350. The second kappa shape index (κ2) is 77.1. The highest BCUT2D eigenvalue weighted by Crippen LogP contribution is 2.45. The summed E-state index contributed by atoms with van der Waals surface area (Å²) in [6.45, 7) is 4.73. The minimum atomic E-state index is -4.99. The minimum absolute atomic E-state index is 0.0825. The van der Waals surface area contributed by atoms with Gasteiger partial charge in [0.15, 0.2) is 12.2 Å². The maximum Gasteiger partial charge on any atom is 0.472 e. The number of ether oxygens (including phenoxy) is 4. The predicted molar refractivity (Wildman–Crippen MR) is 427 cm³/mol. The fourth-order valence-corrected chi connectivity index (χ4v) is 12.8. The molecule has 0 spiro atoms. The summed E-state index contributed by atoms with van der Waals surface area (Å²) in [5.74, 6) is -2.21. The molecule has 104 heavy (non-hydrogen) atoms. The number of carbonyl (C=O) groups excluding carboxylic acids is 4. The van der Waals surface area contributed by atoms with Gasteiger partial charge in [0.05, 0.1) is 26.4 Å². The average Bonchev–Trinajstić information content (AvgIpc) is 0.918. The molecule has 0 saturated carbocycles. The van der Waals surface area contributed by atoms with E-state index in [-0.39, 0.29) is 25.7 Å². The molecule has 0 aliphatic heterocycles. The first kappa shape index (κ1) is 100.0. The third-order valence-corrected chi connectivity index (χ3v) is 19.4. The molecule has 0 aromatic heterocycles. The molecule has 0 radical (unpaired) electrons. The van der Waals surface area contributed by atoms with Crippen LogP contribution in [-0.2, 0) is 65.4 Å². The number of allylic oxidation sites excluding steroid dienone is 16. The number of carbonyl (C=O) groups is 4. The number of aliphatic hydroxyl groups is 1. The van der Waals surface area contributed by atoms with E-state index in [1.54, 1.807) is 0 Å². The fraction of sp³-hybridized carbons (Fsp3) is 0.765. The van der Waals surface area contributed by atoms with E-state index >= 15 is 0 Å². The molecule has 0 aliphatic carbocycles. The Labute approximate surface area is 633 Å². The number of phosphoric ester groups is 2. The minimum Gasteiger partial charge on any atom is -0.462 e. The maximum absolute atomic E-state index is 13.1. The van der Waals surface area contributed by atoms with Crippen LogP contribution in [0.25, 0.3) is 0 Å². The molecule has 0 saturated heterocycles. The molecule has 602 valence electrons. The molecule has 19 heteroatoms. The zero-order valence-electron chi connectivity index (χ0n) is 65.9. The summed E-state index contributed by atoms with van der Waals surface area (Å²) >= 11 is 0. The number of hydrogen-bond acceptors (Lipinski definition) is 15. The number of aliphatic hydroxyl groups excluding tert-OH is 1. The van der Waals surface area contributed by atoms with E-state index in [0.717, 1.165) is 180 Å². The Kier molecular flexibility index (Phi) is 74.2. The lowest BCUT2D eigenvalue weighted by Gasteiger charge is -2.21. The van der Waals surface area contributed by atoms with Gasteiger partial charge in [-0.2, -0.15) is 0 Å². The van der Waals surface area contributed by atoms with Crippen LogP contribution in [-0.4, -0.2) is 96.7 Å². The van der Waals surface area contributed by atoms with Gasteiger partial charge < -0.3 is 33.8 Å². The van der Waals surface area contributed by atoms with Crippen molar-refractivity contribution >= 4 is 39.5 Å². The Balaban J connectivity index is 5.38. The van der Waals surface area contributed by atoms with Gasteiger partial charge in [-0.25, -0.2) is 9.13 Å². The summed E-state index contributed by atoms with van der Waals surface area (Å²) in [4.78, 5) is 73.1. The summed E-state index contributed by atoms with van der Waals surface area (Å²) in [6.07, 6.45) is 82.3. The van der Waals surface area contributed by atoms with Crippen LogP contribution in [0.15, 0.2) is 97.2 Å². The highest BCUT2D eigenvalue weighted by Gasteiger charge is 2.30. The molecule has 0 fully saturated rings. The van der Waals surface area contributed by atoms with Gasteiger partial charge in [0.25, 0.3) is 0 Å². The van der Waals surface area contributed by atoms with Crippen molar-refractivity contribution in [3.63, 3.8) is 0 Å². The van der Waals surface area contributed by atoms with Crippen LogP contribution in [0.1, 0.15) is 362 Å². The molecule has 0 aliphatic rings. The van der Waals surface area contributed by atoms with Crippen LogP contribution < -0.4 is 0 Å². The molecule has 0 amide bonds. The second-order valence-electron chi connectivity index (χ2n) is 27.7. The Morgan fingerprint density at radius 1 is 0.279 bits per heavy atom. The molecule has 0 rings (SSSR count). The highest BCUT2D eigenvalue weighted by atomic mass is 31.2. The van der Waals surface area contributed by atoms with Crippen molar-refractivity contribution in [1.82, 2.24) is 0 Å². The van der Waals surface area contributed by atoms with Crippen LogP contribution >= 0.6 is 15.6 Å². The normalized spacial score (nSPS) is 14.3. The second-order valence-corrected chi connectivity index (χ2v) is 30.6. The van der Waals surface area contributed by atoms with Crippen molar-refractivity contribution < 1.29 is 80.2 Å². The number of hydrogen-bond donors (Lipinski definition) is 3. The van der Waals surface area contributed by atoms with Crippen LogP contribution in [0.2, 0.25) is 0 Å². The van der Waals surface area contributed by atoms with Crippen LogP contribution in [0, 0.1) is 0 Å². The fourth-order valence-electron chi connectivity index (χ4n) is 11.2. The molecule has 3 unspecified atom stereocenters. The summed E-state index contributed by atoms with van der Waals surface area (Å²) in [6, 6.07) is 0. The van der Waals surface area contributed by atoms with Crippen LogP contribution in [0.5, 0.6) is 0 Å². The van der Waals surface area contributed by atoms with E-state index in [4.69, 9.17) is 37.0 Å². The molecule has 17 nitrogen and oxygen atoms in total. The van der Waals surface area contributed by atoms with Gasteiger partial charge in [0.1, 0.15) is 19.3 Å². The molecule has 5 atom stereocenters. The van der Waals surface area contributed by atoms with Gasteiger partial charge in [-0.1, -0.05) is 285 Å². The van der Waals surface area contributed by atoms with E-state index in [1.165, 1.54) is 103 Å². The Morgan fingerprint density at radius 3 is 0.798 bits per heavy atom. The first-order chi connectivity index (χ1) is 50.7. The number of esters is 4. The van der Waals surface area contributed by atoms with Gasteiger partial charge in [-0.05, 0) is 148 Å². The monoisotopic (exact) mass is 1510 g/mol. The number of unbranched alkanes of at least 4 members (excludes halogenated alkanes) is 36. The quantitative estimate of drug-likeness (QED) is 0.0169. The predicted octanol–water partition coefficient (Wildman–Crippen LogP) is 24.3. The molecule has 0 aromatic rings. The largest absolute Gasteiger partial charge is 0.472 e. The third kappa shape index (κ3) is 76.2. The van der Waals surface area contributed by atoms with E-state index in [1.807, 2.05) is 0 Å². The van der Waals surface area contributed by atoms with Crippen molar-refractivity contribution in [2.45, 2.75) is 380 Å². The van der Waals surface area contributed by atoms with Crippen molar-refractivity contribution in [2.75, 3.05) is 39.6 Å². The van der Waals surface area contributed by atoms with Crippen LogP contribution in [0.4, 0.5) is 0 Å². The number of phosphoric acid groups is 2. The Hall–Kier alpha value is -4.02. The van der Waals surface area contributed by atoms with Gasteiger partial charge in [-0.3, -0.25) is 37.3 Å². The average molecular weight is 1510 g/mol. The van der Waals surface area contributed by atoms with Crippen molar-refractivity contribution in [3.8, 4) is 0 Å². The van der Waals surface area contributed by atoms with Gasteiger partial charge in [-0.15, -0.1) is 0 Å². The summed E-state index contributed by atoms with van der Waals surface area (Å²) in [5.41, 5.74) is 0. The zero-order chi connectivity index (χ0) is 76.0. The molecule has 3 N–H and O–H groups in total. The van der Waals surface area contributed by atoms with Crippen molar-refractivity contribution in [3.05, 3.63) is 97.2 Å². The molecule has 0 bridgehead atoms. The van der Waals surface area contributed by atoms with Crippen molar-refractivity contribution in [2.24, 2.45) is 0 Å². The Morgan fingerprint density at radius 2 is 0.500 bits per heavy atom. The maximum atomic E-state index is 13.1. The topological polar surface area (TPSA) is 237 Å². The van der Waals surface area contributed by atoms with Crippen LogP contribution in [0.3, 0.4) is 0 Å². The lowest BCUT2D eigenvalue weighted by Crippen LogP contribution is -2.30. The summed E-state index contributed by atoms with van der Waals surface area (Å²) in [7, 11) is -9.97. The zero-order valence-corrected chi connectivity index (χ0v) is 67.7. The first-order valence-corrected chi connectivity index (χ1v) is 44.5. The first-order valence-electron chi connectivity index (χ1n) is 41.5. The van der Waals surface area contributed by atoms with Gasteiger partial charge in [0.2, 0.25) is 0 Å². The van der Waals surface area contributed by atoms with E-state index in [9.17, 15) is 43.2 Å². The van der Waals surface area contributed by atoms with E-state index in [2.05, 4.69) is 125 Å². The van der Waals surface area contributed by atoms with Gasteiger partial charge in [0, 0.05) is 25.7 Å². The van der Waals surface area contributed by atoms with E-state index < -0.39 is 97.5 Å². The number of rotatable bonds is 78. The highest BCUT2D eigenvalue weighted by molar-refractivity contribution is 7.47. The lowest BCUT2D eigenvalue weighted by molar-refractivity contribution is -0.161. The lowest BCUT2D eigenvalue weighted by atomic mass is 10.1. The van der Waals surface area contributed by atoms with Crippen molar-refractivity contribution in [1.29, 1.82) is 0 Å². The molecule has 0 heterocycles. The molecular weight excluding hydrogens is 1350 g/mol. The summed E-state index contributed by atoms with van der Waals surface area (Å²) in [5, 5.41) is 10.7. The molecule has 0 aromatic carbocycles. The van der Waals surface area contributed by atoms with E-state index in [0.29, 0.717) is 25.7 Å². The van der Waals surface area contributed by atoms with Gasteiger partial charge >= 0.3 is 39.5 Å². The standard InChI is InChI=1S/C85H150O17P2/c1-5-9-13-17-21-25-29-33-37-38-39-40-44-46-50-54-58-62-66-70-83(88)96-76-81(102-85(90)72-68-64-60-56-52-48-43-36-32-28-24-20-16-12-8-4)78-100-104(93,94)98-74-79(86)73-97-103(91,92)99-77-80(101-84(89)71-67-63-59-55-51-47-42-35-31-27-23-19-15-11-7-3)75-95-82(87)69-65-61-57-53-49-45-41-34-30-26-22-18-14-10-6-2/h9,13,21,25-26,28,30,32-33,35,37,39-40,42,46,50,79-81,86H,5-8,10-12,14-20,22-24,27,29,31,34,36,38,41,43-45,47-49,51-78H2,1-4H3,(H,91,92)(H,93,94)/b13-9-,25-21-,30-26-,32-28-,37-33-,40-39-,42-35-,50-46-/t79?,80-,81-/m1/s1.